The van der Waals surface area contributed by atoms with E-state index in [1.54, 1.807) is 0 Å². The predicted molar refractivity (Wildman–Crippen MR) is 94.4 cm³/mol. The van der Waals surface area contributed by atoms with Crippen molar-refractivity contribution in [3.63, 3.8) is 0 Å². The molecule has 0 spiro atoms. The first-order valence-electron chi connectivity index (χ1n) is 9.00. The molecule has 7 heteroatoms. The molecule has 0 aromatic heterocycles. The van der Waals surface area contributed by atoms with E-state index in [0.717, 1.165) is 25.8 Å². The highest BCUT2D eigenvalue weighted by molar-refractivity contribution is 7.89. The highest BCUT2D eigenvalue weighted by Crippen LogP contribution is 2.34. The lowest BCUT2D eigenvalue weighted by Crippen LogP contribution is -2.55. The van der Waals surface area contributed by atoms with Crippen LogP contribution in [0.2, 0.25) is 0 Å². The lowest BCUT2D eigenvalue weighted by atomic mass is 9.86. The molecule has 0 aromatic carbocycles. The molecule has 0 radical (unpaired) electrons. The minimum absolute atomic E-state index is 0.0369. The topological polar surface area (TPSA) is 86.7 Å². The van der Waals surface area contributed by atoms with E-state index in [9.17, 15) is 13.2 Å². The fourth-order valence-corrected chi connectivity index (χ4v) is 4.58. The first kappa shape index (κ1) is 19.7. The van der Waals surface area contributed by atoms with Gasteiger partial charge < -0.3 is 5.11 Å². The third-order valence-electron chi connectivity index (χ3n) is 4.84. The van der Waals surface area contributed by atoms with Gasteiger partial charge in [-0.25, -0.2) is 13.1 Å². The lowest BCUT2D eigenvalue weighted by molar-refractivity contribution is -0.139. The van der Waals surface area contributed by atoms with Crippen molar-refractivity contribution in [3.8, 4) is 0 Å². The zero-order chi connectivity index (χ0) is 18.0. The molecule has 24 heavy (non-hydrogen) atoms. The van der Waals surface area contributed by atoms with Crippen molar-refractivity contribution in [2.45, 2.75) is 71.4 Å². The third kappa shape index (κ3) is 7.07. The summed E-state index contributed by atoms with van der Waals surface area (Å²) in [5, 5.41) is 9.05. The summed E-state index contributed by atoms with van der Waals surface area (Å²) in [6, 6.07) is 0.161. The van der Waals surface area contributed by atoms with E-state index in [-0.39, 0.29) is 29.8 Å². The standard InChI is InChI=1S/C17H32N2O4S/c1-17(2,3)7-4-8-24(22,23)18-14-9-15(10-14)19(12-16(20)21)11-13-5-6-13/h13-15,18H,4-12H2,1-3H3,(H,20,21). The van der Waals surface area contributed by atoms with Gasteiger partial charge in [0.15, 0.2) is 0 Å². The monoisotopic (exact) mass is 360 g/mol. The van der Waals surface area contributed by atoms with Crippen LogP contribution in [0.1, 0.15) is 59.3 Å². The molecule has 2 aliphatic rings. The predicted octanol–water partition coefficient (Wildman–Crippen LogP) is 2.06. The Morgan fingerprint density at radius 1 is 1.25 bits per heavy atom. The number of nitrogens with zero attached hydrogens (tertiary/aromatic N) is 1. The van der Waals surface area contributed by atoms with Crippen LogP contribution in [-0.4, -0.2) is 55.3 Å². The quantitative estimate of drug-likeness (QED) is 0.623. The van der Waals surface area contributed by atoms with Gasteiger partial charge in [0.2, 0.25) is 10.0 Å². The van der Waals surface area contributed by atoms with Gasteiger partial charge in [-0.2, -0.15) is 0 Å². The highest BCUT2D eigenvalue weighted by atomic mass is 32.2. The number of carbonyl (C=O) groups is 1. The van der Waals surface area contributed by atoms with Crippen molar-refractivity contribution in [1.29, 1.82) is 0 Å². The number of nitrogens with one attached hydrogen (secondary N) is 1. The van der Waals surface area contributed by atoms with E-state index in [0.29, 0.717) is 12.3 Å². The molecular formula is C17H32N2O4S. The Kier molecular flexibility index (Phi) is 6.31. The molecule has 2 N–H and O–H groups in total. The number of hydrogen-bond donors (Lipinski definition) is 2. The molecule has 0 heterocycles. The van der Waals surface area contributed by atoms with Crippen LogP contribution in [0.4, 0.5) is 0 Å². The minimum Gasteiger partial charge on any atom is -0.480 e. The molecule has 2 aliphatic carbocycles. The Bertz CT molecular complexity index is 531. The Labute approximate surface area is 146 Å². The maximum Gasteiger partial charge on any atom is 0.317 e. The first-order chi connectivity index (χ1) is 11.0. The number of carboxylic acids is 1. The normalized spacial score (nSPS) is 24.8. The van der Waals surface area contributed by atoms with Crippen molar-refractivity contribution >= 4 is 16.0 Å². The maximum atomic E-state index is 12.1. The van der Waals surface area contributed by atoms with Crippen LogP contribution < -0.4 is 4.72 Å². The Hall–Kier alpha value is -0.660. The number of aliphatic carboxylic acids is 1. The first-order valence-corrected chi connectivity index (χ1v) is 10.7. The van der Waals surface area contributed by atoms with Crippen molar-refractivity contribution in [1.82, 2.24) is 9.62 Å². The molecule has 0 unspecified atom stereocenters. The summed E-state index contributed by atoms with van der Waals surface area (Å²) in [6.07, 6.45) is 5.37. The van der Waals surface area contributed by atoms with E-state index in [1.165, 1.54) is 12.8 Å². The average molecular weight is 361 g/mol. The molecule has 0 aromatic rings. The molecule has 0 atom stereocenters. The molecule has 2 saturated carbocycles. The van der Waals surface area contributed by atoms with E-state index >= 15 is 0 Å². The maximum absolute atomic E-state index is 12.1. The second-order valence-corrected chi connectivity index (χ2v) is 10.6. The largest absolute Gasteiger partial charge is 0.480 e. The molecule has 0 aliphatic heterocycles. The summed E-state index contributed by atoms with van der Waals surface area (Å²) in [5.74, 6) is 0.00570. The SMILES string of the molecule is CC(C)(C)CCCS(=O)(=O)NC1CC(N(CC(=O)O)CC2CC2)C1. The number of rotatable bonds is 10. The van der Waals surface area contributed by atoms with Gasteiger partial charge >= 0.3 is 5.97 Å². The number of carboxylic acid groups (broad SMARTS) is 1. The summed E-state index contributed by atoms with van der Waals surface area (Å²) in [4.78, 5) is 13.0. The van der Waals surface area contributed by atoms with Gasteiger partial charge in [-0.15, -0.1) is 0 Å². The average Bonchev–Trinajstić information content (AvgIpc) is 3.14. The van der Waals surface area contributed by atoms with Crippen LogP contribution in [0.5, 0.6) is 0 Å². The van der Waals surface area contributed by atoms with Crippen molar-refractivity contribution in [3.05, 3.63) is 0 Å². The highest BCUT2D eigenvalue weighted by Gasteiger charge is 2.38. The van der Waals surface area contributed by atoms with E-state index < -0.39 is 16.0 Å². The number of hydrogen-bond acceptors (Lipinski definition) is 4. The second kappa shape index (κ2) is 7.70. The van der Waals surface area contributed by atoms with Crippen LogP contribution in [0.15, 0.2) is 0 Å². The molecule has 6 nitrogen and oxygen atoms in total. The molecule has 0 bridgehead atoms. The fraction of sp³-hybridized carbons (Fsp3) is 0.941. The van der Waals surface area contributed by atoms with Crippen LogP contribution in [0.3, 0.4) is 0 Å². The number of sulfonamides is 1. The van der Waals surface area contributed by atoms with Gasteiger partial charge in [0.25, 0.3) is 0 Å². The van der Waals surface area contributed by atoms with Crippen molar-refractivity contribution in [2.24, 2.45) is 11.3 Å². The zero-order valence-electron chi connectivity index (χ0n) is 15.1. The van der Waals surface area contributed by atoms with Crippen LogP contribution in [0.25, 0.3) is 0 Å². The van der Waals surface area contributed by atoms with Gasteiger partial charge in [0, 0.05) is 18.6 Å². The van der Waals surface area contributed by atoms with Gasteiger partial charge in [-0.3, -0.25) is 9.69 Å². The Morgan fingerprint density at radius 3 is 2.38 bits per heavy atom. The van der Waals surface area contributed by atoms with Gasteiger partial charge in [0.1, 0.15) is 0 Å². The Balaban J connectivity index is 1.72. The second-order valence-electron chi connectivity index (χ2n) is 8.69. The summed E-state index contributed by atoms with van der Waals surface area (Å²) < 4.78 is 27.1. The summed E-state index contributed by atoms with van der Waals surface area (Å²) in [5.41, 5.74) is 0.150. The van der Waals surface area contributed by atoms with E-state index in [1.807, 2.05) is 4.90 Å². The van der Waals surface area contributed by atoms with Crippen LogP contribution in [-0.2, 0) is 14.8 Å². The third-order valence-corrected chi connectivity index (χ3v) is 6.36. The molecule has 0 saturated heterocycles. The smallest absolute Gasteiger partial charge is 0.317 e. The van der Waals surface area contributed by atoms with Gasteiger partial charge in [-0.1, -0.05) is 20.8 Å². The fourth-order valence-electron chi connectivity index (χ4n) is 3.24. The van der Waals surface area contributed by atoms with Crippen LogP contribution >= 0.6 is 0 Å². The zero-order valence-corrected chi connectivity index (χ0v) is 15.9. The van der Waals surface area contributed by atoms with Crippen molar-refractivity contribution < 1.29 is 18.3 Å². The molecule has 140 valence electrons. The molecule has 0 amide bonds. The van der Waals surface area contributed by atoms with E-state index in [2.05, 4.69) is 25.5 Å². The molecule has 2 rings (SSSR count). The summed E-state index contributed by atoms with van der Waals surface area (Å²) in [7, 11) is -3.23. The summed E-state index contributed by atoms with van der Waals surface area (Å²) >= 11 is 0. The summed E-state index contributed by atoms with van der Waals surface area (Å²) in [6.45, 7) is 7.23. The van der Waals surface area contributed by atoms with Gasteiger partial charge in [-0.05, 0) is 49.9 Å². The van der Waals surface area contributed by atoms with Gasteiger partial charge in [0.05, 0.1) is 12.3 Å². The molecule has 2 fully saturated rings. The molecular weight excluding hydrogens is 328 g/mol. The lowest BCUT2D eigenvalue weighted by Gasteiger charge is -2.42. The minimum atomic E-state index is -3.23. The Morgan fingerprint density at radius 2 is 1.88 bits per heavy atom. The van der Waals surface area contributed by atoms with E-state index in [4.69, 9.17) is 5.11 Å². The van der Waals surface area contributed by atoms with Crippen LogP contribution in [0, 0.1) is 11.3 Å². The van der Waals surface area contributed by atoms with Crippen molar-refractivity contribution in [2.75, 3.05) is 18.8 Å².